The second kappa shape index (κ2) is 8.98. The molecule has 8 heteroatoms. The Morgan fingerprint density at radius 2 is 1.68 bits per heavy atom. The number of carbonyl (C=O) groups is 1. The number of aryl methyl sites for hydroxylation is 2. The van der Waals surface area contributed by atoms with Crippen LogP contribution in [0.3, 0.4) is 0 Å². The average Bonchev–Trinajstić information content (AvgIpc) is 2.67. The number of sulfonamides is 1. The second-order valence-corrected chi connectivity index (χ2v) is 10.7. The molecule has 0 radical (unpaired) electrons. The molecule has 1 fully saturated rings. The van der Waals surface area contributed by atoms with E-state index < -0.39 is 10.0 Å². The van der Waals surface area contributed by atoms with E-state index in [1.807, 2.05) is 32.0 Å². The van der Waals surface area contributed by atoms with Crippen molar-refractivity contribution < 1.29 is 13.2 Å². The van der Waals surface area contributed by atoms with Gasteiger partial charge in [0.2, 0.25) is 15.9 Å². The maximum Gasteiger partial charge on any atom is 0.243 e. The molecule has 0 spiro atoms. The fourth-order valence-electron chi connectivity index (χ4n) is 3.04. The largest absolute Gasteiger partial charge is 0.339 e. The van der Waals surface area contributed by atoms with Gasteiger partial charge in [-0.1, -0.05) is 33.6 Å². The number of amides is 1. The average molecular weight is 483 g/mol. The van der Waals surface area contributed by atoms with Crippen molar-refractivity contribution in [2.45, 2.75) is 23.6 Å². The summed E-state index contributed by atoms with van der Waals surface area (Å²) in [5, 5.41) is 0. The Hall–Kier alpha value is -1.35. The highest BCUT2D eigenvalue weighted by Crippen LogP contribution is 2.26. The quantitative estimate of drug-likeness (QED) is 0.609. The lowest BCUT2D eigenvalue weighted by atomic mass is 10.2. The molecule has 28 heavy (non-hydrogen) atoms. The molecule has 5 nitrogen and oxygen atoms in total. The van der Waals surface area contributed by atoms with Gasteiger partial charge in [-0.05, 0) is 49.7 Å². The van der Waals surface area contributed by atoms with E-state index in [1.54, 1.807) is 29.2 Å². The number of carbonyl (C=O) groups excluding carboxylic acids is 1. The zero-order valence-electron chi connectivity index (χ0n) is 15.9. The number of thioether (sulfide) groups is 1. The lowest BCUT2D eigenvalue weighted by Gasteiger charge is -2.34. The third-order valence-electron chi connectivity index (χ3n) is 4.74. The van der Waals surface area contributed by atoms with Crippen LogP contribution in [0.4, 0.5) is 0 Å². The Labute approximate surface area is 179 Å². The van der Waals surface area contributed by atoms with Gasteiger partial charge in [0.1, 0.15) is 0 Å². The lowest BCUT2D eigenvalue weighted by molar-refractivity contribution is -0.129. The van der Waals surface area contributed by atoms with Crippen molar-refractivity contribution in [1.82, 2.24) is 9.21 Å². The maximum absolute atomic E-state index is 12.8. The Morgan fingerprint density at radius 1 is 1.04 bits per heavy atom. The third-order valence-corrected chi connectivity index (χ3v) is 8.30. The van der Waals surface area contributed by atoms with E-state index in [-0.39, 0.29) is 5.91 Å². The highest BCUT2D eigenvalue weighted by molar-refractivity contribution is 9.10. The first-order valence-electron chi connectivity index (χ1n) is 9.01. The van der Waals surface area contributed by atoms with Gasteiger partial charge in [-0.2, -0.15) is 4.31 Å². The predicted octanol–water partition coefficient (Wildman–Crippen LogP) is 3.69. The van der Waals surface area contributed by atoms with Crippen molar-refractivity contribution in [2.75, 3.05) is 31.9 Å². The van der Waals surface area contributed by atoms with Crippen molar-refractivity contribution in [2.24, 2.45) is 0 Å². The molecular formula is C20H23BrN2O3S2. The van der Waals surface area contributed by atoms with Crippen LogP contribution in [0, 0.1) is 13.8 Å². The molecule has 0 atom stereocenters. The van der Waals surface area contributed by atoms with E-state index >= 15 is 0 Å². The first-order valence-corrected chi connectivity index (χ1v) is 12.2. The van der Waals surface area contributed by atoms with Crippen LogP contribution in [0.15, 0.2) is 56.7 Å². The summed E-state index contributed by atoms with van der Waals surface area (Å²) >= 11 is 4.96. The molecule has 0 saturated carbocycles. The smallest absolute Gasteiger partial charge is 0.243 e. The molecule has 1 aliphatic heterocycles. The molecule has 1 heterocycles. The maximum atomic E-state index is 12.8. The van der Waals surface area contributed by atoms with Gasteiger partial charge >= 0.3 is 0 Å². The summed E-state index contributed by atoms with van der Waals surface area (Å²) in [7, 11) is -3.51. The van der Waals surface area contributed by atoms with Gasteiger partial charge in [-0.15, -0.1) is 11.8 Å². The fourth-order valence-corrected chi connectivity index (χ4v) is 5.85. The van der Waals surface area contributed by atoms with Gasteiger partial charge in [-0.25, -0.2) is 8.42 Å². The van der Waals surface area contributed by atoms with Crippen LogP contribution >= 0.6 is 27.7 Å². The minimum absolute atomic E-state index is 0.0414. The molecule has 1 aliphatic rings. The van der Waals surface area contributed by atoms with E-state index in [2.05, 4.69) is 15.9 Å². The summed E-state index contributed by atoms with van der Waals surface area (Å²) < 4.78 is 28.0. The predicted molar refractivity (Wildman–Crippen MR) is 116 cm³/mol. The van der Waals surface area contributed by atoms with Crippen molar-refractivity contribution >= 4 is 43.6 Å². The fraction of sp³-hybridized carbons (Fsp3) is 0.350. The number of benzene rings is 2. The van der Waals surface area contributed by atoms with Gasteiger partial charge in [0.25, 0.3) is 0 Å². The number of piperazine rings is 1. The van der Waals surface area contributed by atoms with Gasteiger partial charge in [0, 0.05) is 35.5 Å². The zero-order chi connectivity index (χ0) is 20.3. The van der Waals surface area contributed by atoms with Crippen LogP contribution < -0.4 is 0 Å². The molecular weight excluding hydrogens is 460 g/mol. The summed E-state index contributed by atoms with van der Waals surface area (Å²) in [6.45, 7) is 5.43. The molecule has 0 unspecified atom stereocenters. The molecule has 0 aromatic heterocycles. The van der Waals surface area contributed by atoms with E-state index in [4.69, 9.17) is 0 Å². The van der Waals surface area contributed by atoms with E-state index in [0.29, 0.717) is 36.8 Å². The van der Waals surface area contributed by atoms with E-state index in [0.717, 1.165) is 20.5 Å². The molecule has 0 bridgehead atoms. The van der Waals surface area contributed by atoms with E-state index in [1.165, 1.54) is 16.1 Å². The van der Waals surface area contributed by atoms with Crippen molar-refractivity contribution in [1.29, 1.82) is 0 Å². The second-order valence-electron chi connectivity index (χ2n) is 6.80. The van der Waals surface area contributed by atoms with Crippen LogP contribution in [0.25, 0.3) is 0 Å². The highest BCUT2D eigenvalue weighted by atomic mass is 79.9. The third kappa shape index (κ3) is 4.97. The normalized spacial score (nSPS) is 15.6. The van der Waals surface area contributed by atoms with E-state index in [9.17, 15) is 13.2 Å². The Balaban J connectivity index is 1.55. The summed E-state index contributed by atoms with van der Waals surface area (Å²) in [5.74, 6) is 0.396. The van der Waals surface area contributed by atoms with Crippen LogP contribution in [-0.4, -0.2) is 55.5 Å². The number of nitrogens with zero attached hydrogens (tertiary/aromatic N) is 2. The molecule has 3 rings (SSSR count). The van der Waals surface area contributed by atoms with Gasteiger partial charge in [0.15, 0.2) is 0 Å². The summed E-state index contributed by atoms with van der Waals surface area (Å²) in [5.41, 5.74) is 2.15. The number of hydrogen-bond donors (Lipinski definition) is 0. The van der Waals surface area contributed by atoms with Crippen molar-refractivity contribution in [3.05, 3.63) is 58.1 Å². The number of hydrogen-bond acceptors (Lipinski definition) is 4. The number of halogens is 1. The molecule has 2 aromatic carbocycles. The van der Waals surface area contributed by atoms with Crippen molar-refractivity contribution in [3.63, 3.8) is 0 Å². The minimum atomic E-state index is -3.51. The Kier molecular flexibility index (Phi) is 6.85. The summed E-state index contributed by atoms with van der Waals surface area (Å²) in [6.07, 6.45) is 0. The first-order chi connectivity index (χ1) is 13.3. The Morgan fingerprint density at radius 3 is 2.29 bits per heavy atom. The van der Waals surface area contributed by atoms with Crippen LogP contribution in [0.5, 0.6) is 0 Å². The molecule has 0 aliphatic carbocycles. The van der Waals surface area contributed by atoms with Crippen LogP contribution in [-0.2, 0) is 14.8 Å². The standard InChI is InChI=1S/C20H23BrN2O3S2/c1-15-3-6-18(7-4-15)28(25,26)23-11-9-22(10-12-23)20(24)14-27-19-8-5-17(21)13-16(19)2/h3-8,13H,9-12,14H2,1-2H3. The highest BCUT2D eigenvalue weighted by Gasteiger charge is 2.30. The van der Waals surface area contributed by atoms with Crippen molar-refractivity contribution in [3.8, 4) is 0 Å². The van der Waals surface area contributed by atoms with Gasteiger partial charge in [-0.3, -0.25) is 4.79 Å². The minimum Gasteiger partial charge on any atom is -0.339 e. The summed E-state index contributed by atoms with van der Waals surface area (Å²) in [6, 6.07) is 12.9. The van der Waals surface area contributed by atoms with Gasteiger partial charge in [0.05, 0.1) is 10.6 Å². The molecule has 2 aromatic rings. The monoisotopic (exact) mass is 482 g/mol. The van der Waals surface area contributed by atoms with Gasteiger partial charge < -0.3 is 4.90 Å². The lowest BCUT2D eigenvalue weighted by Crippen LogP contribution is -2.50. The summed E-state index contributed by atoms with van der Waals surface area (Å²) in [4.78, 5) is 15.7. The first kappa shape index (κ1) is 21.4. The molecule has 150 valence electrons. The number of rotatable bonds is 5. The Bertz CT molecular complexity index is 954. The van der Waals surface area contributed by atoms with Crippen LogP contribution in [0.2, 0.25) is 0 Å². The molecule has 1 amide bonds. The SMILES string of the molecule is Cc1ccc(S(=O)(=O)N2CCN(C(=O)CSc3ccc(Br)cc3C)CC2)cc1. The molecule has 1 saturated heterocycles. The van der Waals surface area contributed by atoms with Crippen LogP contribution in [0.1, 0.15) is 11.1 Å². The topological polar surface area (TPSA) is 57.7 Å². The molecule has 0 N–H and O–H groups in total. The zero-order valence-corrected chi connectivity index (χ0v) is 19.1.